The summed E-state index contributed by atoms with van der Waals surface area (Å²) in [6.07, 6.45) is 5.01. The highest BCUT2D eigenvalue weighted by Gasteiger charge is 2.24. The first-order chi connectivity index (χ1) is 18.6. The zero-order chi connectivity index (χ0) is 26.2. The quantitative estimate of drug-likeness (QED) is 0.321. The predicted octanol–water partition coefficient (Wildman–Crippen LogP) is 5.91. The maximum absolute atomic E-state index is 13.0. The molecule has 0 bridgehead atoms. The van der Waals surface area contributed by atoms with Crippen LogP contribution in [0.15, 0.2) is 103 Å². The van der Waals surface area contributed by atoms with Gasteiger partial charge in [0.1, 0.15) is 17.2 Å². The number of amides is 2. The molecule has 4 aromatic rings. The van der Waals surface area contributed by atoms with Gasteiger partial charge in [-0.25, -0.2) is 0 Å². The van der Waals surface area contributed by atoms with Crippen molar-refractivity contribution in [3.8, 4) is 17.2 Å². The molecule has 1 N–H and O–H groups in total. The first-order valence-corrected chi connectivity index (χ1v) is 12.7. The fraction of sp³-hybridized carbons (Fsp3) is 0.194. The summed E-state index contributed by atoms with van der Waals surface area (Å²) in [4.78, 5) is 31.1. The lowest BCUT2D eigenvalue weighted by atomic mass is 9.89. The number of nitrogens with zero attached hydrogens (tertiary/aromatic N) is 2. The summed E-state index contributed by atoms with van der Waals surface area (Å²) in [6, 6.07) is 28.3. The fourth-order valence-corrected chi connectivity index (χ4v) is 4.51. The molecule has 0 unspecified atom stereocenters. The van der Waals surface area contributed by atoms with Crippen LogP contribution in [0, 0.1) is 0 Å². The highest BCUT2D eigenvalue weighted by Crippen LogP contribution is 2.30. The number of nitrogens with one attached hydrogen (secondary N) is 1. The van der Waals surface area contributed by atoms with Gasteiger partial charge in [0.05, 0.1) is 6.20 Å². The molecule has 0 spiro atoms. The topological polar surface area (TPSA) is 80.8 Å². The lowest BCUT2D eigenvalue weighted by Gasteiger charge is -2.32. The van der Waals surface area contributed by atoms with Crippen LogP contribution in [0.25, 0.3) is 0 Å². The maximum atomic E-state index is 13.0. The Kier molecular flexibility index (Phi) is 7.94. The van der Waals surface area contributed by atoms with Crippen LogP contribution >= 0.6 is 0 Å². The third-order valence-corrected chi connectivity index (χ3v) is 6.53. The smallest absolute Gasteiger partial charge is 0.262 e. The first kappa shape index (κ1) is 25.0. The standard InChI is InChI=1S/C31H29N3O4/c35-30(22-37-29-7-4-18-32-21-29)33-26-12-8-23(9-13-26)24-16-19-34(20-17-24)31(36)25-10-14-28(15-11-25)38-27-5-2-1-3-6-27/h1-15,18,21,24H,16-17,19-20,22H2,(H,33,35). The summed E-state index contributed by atoms with van der Waals surface area (Å²) in [5.74, 6) is 2.21. The Labute approximate surface area is 222 Å². The molecule has 5 rings (SSSR count). The number of hydrogen-bond acceptors (Lipinski definition) is 5. The largest absolute Gasteiger partial charge is 0.482 e. The van der Waals surface area contributed by atoms with E-state index in [0.717, 1.165) is 24.3 Å². The molecule has 192 valence electrons. The first-order valence-electron chi connectivity index (χ1n) is 12.7. The Hall–Kier alpha value is -4.65. The summed E-state index contributed by atoms with van der Waals surface area (Å²) < 4.78 is 11.3. The van der Waals surface area contributed by atoms with Gasteiger partial charge < -0.3 is 19.7 Å². The predicted molar refractivity (Wildman–Crippen MR) is 146 cm³/mol. The van der Waals surface area contributed by atoms with Crippen molar-refractivity contribution in [3.63, 3.8) is 0 Å². The van der Waals surface area contributed by atoms with E-state index in [1.807, 2.05) is 83.8 Å². The number of ether oxygens (including phenoxy) is 2. The van der Waals surface area contributed by atoms with Gasteiger partial charge in [-0.2, -0.15) is 0 Å². The number of aromatic nitrogens is 1. The summed E-state index contributed by atoms with van der Waals surface area (Å²) >= 11 is 0. The summed E-state index contributed by atoms with van der Waals surface area (Å²) in [6.45, 7) is 1.33. The minimum Gasteiger partial charge on any atom is -0.482 e. The van der Waals surface area contributed by atoms with E-state index < -0.39 is 0 Å². The van der Waals surface area contributed by atoms with Crippen molar-refractivity contribution in [2.45, 2.75) is 18.8 Å². The molecule has 2 heterocycles. The van der Waals surface area contributed by atoms with Crippen molar-refractivity contribution in [1.82, 2.24) is 9.88 Å². The molecular formula is C31H29N3O4. The van der Waals surface area contributed by atoms with Crippen LogP contribution in [0.5, 0.6) is 17.2 Å². The Morgan fingerprint density at radius 2 is 1.50 bits per heavy atom. The third kappa shape index (κ3) is 6.56. The van der Waals surface area contributed by atoms with Gasteiger partial charge in [0.15, 0.2) is 6.61 Å². The van der Waals surface area contributed by atoms with E-state index in [1.54, 1.807) is 24.5 Å². The van der Waals surface area contributed by atoms with Gasteiger partial charge in [-0.3, -0.25) is 14.6 Å². The van der Waals surface area contributed by atoms with E-state index in [-0.39, 0.29) is 18.4 Å². The molecular weight excluding hydrogens is 478 g/mol. The van der Waals surface area contributed by atoms with Crippen LogP contribution in [-0.4, -0.2) is 41.4 Å². The number of carbonyl (C=O) groups is 2. The van der Waals surface area contributed by atoms with Crippen molar-refractivity contribution in [2.24, 2.45) is 0 Å². The number of pyridine rings is 1. The Morgan fingerprint density at radius 3 is 2.18 bits per heavy atom. The van der Waals surface area contributed by atoms with Crippen molar-refractivity contribution in [2.75, 3.05) is 25.0 Å². The zero-order valence-electron chi connectivity index (χ0n) is 21.0. The number of likely N-dealkylation sites (tertiary alicyclic amines) is 1. The number of rotatable bonds is 8. The van der Waals surface area contributed by atoms with E-state index in [1.165, 1.54) is 5.56 Å². The molecule has 3 aromatic carbocycles. The highest BCUT2D eigenvalue weighted by atomic mass is 16.5. The molecule has 0 aliphatic carbocycles. The molecule has 7 heteroatoms. The van der Waals surface area contributed by atoms with E-state index in [4.69, 9.17) is 9.47 Å². The second-order valence-electron chi connectivity index (χ2n) is 9.15. The third-order valence-electron chi connectivity index (χ3n) is 6.53. The second kappa shape index (κ2) is 12.1. The SMILES string of the molecule is O=C(COc1cccnc1)Nc1ccc(C2CCN(C(=O)c3ccc(Oc4ccccc4)cc3)CC2)cc1. The lowest BCUT2D eigenvalue weighted by Crippen LogP contribution is -2.37. The van der Waals surface area contributed by atoms with Crippen LogP contribution in [-0.2, 0) is 4.79 Å². The monoisotopic (exact) mass is 507 g/mol. The molecule has 1 aromatic heterocycles. The molecule has 1 fully saturated rings. The van der Waals surface area contributed by atoms with Gasteiger partial charge in [-0.1, -0.05) is 30.3 Å². The molecule has 1 aliphatic rings. The molecule has 38 heavy (non-hydrogen) atoms. The van der Waals surface area contributed by atoms with Gasteiger partial charge >= 0.3 is 0 Å². The maximum Gasteiger partial charge on any atom is 0.262 e. The van der Waals surface area contributed by atoms with Crippen molar-refractivity contribution in [1.29, 1.82) is 0 Å². The van der Waals surface area contributed by atoms with Gasteiger partial charge in [0.2, 0.25) is 0 Å². The summed E-state index contributed by atoms with van der Waals surface area (Å²) in [5, 5.41) is 2.85. The minimum absolute atomic E-state index is 0.0428. The Bertz CT molecular complexity index is 1340. The number of benzene rings is 3. The van der Waals surface area contributed by atoms with Crippen LogP contribution in [0.2, 0.25) is 0 Å². The van der Waals surface area contributed by atoms with Crippen molar-refractivity contribution in [3.05, 3.63) is 115 Å². The molecule has 7 nitrogen and oxygen atoms in total. The zero-order valence-corrected chi connectivity index (χ0v) is 21.0. The molecule has 2 amide bonds. The minimum atomic E-state index is -0.229. The number of anilines is 1. The molecule has 0 radical (unpaired) electrons. The molecule has 0 atom stereocenters. The number of carbonyl (C=O) groups excluding carboxylic acids is 2. The van der Waals surface area contributed by atoms with Crippen LogP contribution in [0.4, 0.5) is 5.69 Å². The van der Waals surface area contributed by atoms with Crippen molar-refractivity contribution < 1.29 is 19.1 Å². The highest BCUT2D eigenvalue weighted by molar-refractivity contribution is 5.94. The fourth-order valence-electron chi connectivity index (χ4n) is 4.51. The average molecular weight is 508 g/mol. The van der Waals surface area contributed by atoms with E-state index in [2.05, 4.69) is 10.3 Å². The van der Waals surface area contributed by atoms with E-state index in [0.29, 0.717) is 36.1 Å². The van der Waals surface area contributed by atoms with Crippen molar-refractivity contribution >= 4 is 17.5 Å². The van der Waals surface area contributed by atoms with E-state index in [9.17, 15) is 9.59 Å². The molecule has 0 saturated carbocycles. The van der Waals surface area contributed by atoms with Crippen LogP contribution < -0.4 is 14.8 Å². The average Bonchev–Trinajstić information content (AvgIpc) is 2.98. The number of para-hydroxylation sites is 1. The Balaban J connectivity index is 1.09. The molecule has 1 saturated heterocycles. The van der Waals surface area contributed by atoms with E-state index >= 15 is 0 Å². The van der Waals surface area contributed by atoms with Gasteiger partial charge in [0, 0.05) is 30.5 Å². The Morgan fingerprint density at radius 1 is 0.816 bits per heavy atom. The lowest BCUT2D eigenvalue weighted by molar-refractivity contribution is -0.118. The number of piperidine rings is 1. The normalized spacial score (nSPS) is 13.5. The van der Waals surface area contributed by atoms with Crippen LogP contribution in [0.3, 0.4) is 0 Å². The molecule has 1 aliphatic heterocycles. The van der Waals surface area contributed by atoms with Crippen LogP contribution in [0.1, 0.15) is 34.7 Å². The summed E-state index contributed by atoms with van der Waals surface area (Å²) in [7, 11) is 0. The summed E-state index contributed by atoms with van der Waals surface area (Å²) in [5.41, 5.74) is 2.60. The van der Waals surface area contributed by atoms with Gasteiger partial charge in [0.25, 0.3) is 11.8 Å². The van der Waals surface area contributed by atoms with Gasteiger partial charge in [-0.15, -0.1) is 0 Å². The number of hydrogen-bond donors (Lipinski definition) is 1. The second-order valence-corrected chi connectivity index (χ2v) is 9.15. The van der Waals surface area contributed by atoms with Gasteiger partial charge in [-0.05, 0) is 85.0 Å².